The van der Waals surface area contributed by atoms with E-state index < -0.39 is 40.3 Å². The third kappa shape index (κ3) is 3.43. The molecule has 0 atom stereocenters. The number of methoxy groups -OCH3 is 1. The Kier molecular flexibility index (Phi) is 3.77. The number of carboxylic acid groups (broad SMARTS) is 1. The van der Waals surface area contributed by atoms with E-state index in [4.69, 9.17) is 5.11 Å². The van der Waals surface area contributed by atoms with Gasteiger partial charge in [0.1, 0.15) is 0 Å². The van der Waals surface area contributed by atoms with Crippen LogP contribution in [0.5, 0.6) is 11.6 Å². The zero-order valence-electron chi connectivity index (χ0n) is 9.09. The maximum absolute atomic E-state index is 12.0. The van der Waals surface area contributed by atoms with Crippen molar-refractivity contribution in [2.75, 3.05) is 7.11 Å². The average Bonchev–Trinajstić information content (AvgIpc) is 2.25. The number of pyridine rings is 1. The van der Waals surface area contributed by atoms with Gasteiger partial charge in [0.15, 0.2) is 0 Å². The zero-order chi connectivity index (χ0) is 14.8. The van der Waals surface area contributed by atoms with Crippen LogP contribution in [0.1, 0.15) is 10.5 Å². The standard InChI is InChI=1S/C8H5F3N2O6/c1-18-6-3(13(16)17)2-4(19-8(9,10)11)12-5(6)7(14)15/h2H,1H3,(H,14,15). The minimum Gasteiger partial charge on any atom is -0.488 e. The summed E-state index contributed by atoms with van der Waals surface area (Å²) in [5.41, 5.74) is -2.06. The lowest BCUT2D eigenvalue weighted by Crippen LogP contribution is -2.19. The predicted molar refractivity (Wildman–Crippen MR) is 51.1 cm³/mol. The van der Waals surface area contributed by atoms with Crippen molar-refractivity contribution in [3.05, 3.63) is 21.9 Å². The molecule has 0 unspecified atom stereocenters. The van der Waals surface area contributed by atoms with Gasteiger partial charge in [-0.05, 0) is 0 Å². The molecule has 1 heterocycles. The molecule has 0 spiro atoms. The summed E-state index contributed by atoms with van der Waals surface area (Å²) in [4.78, 5) is 23.3. The Labute approximate surface area is 102 Å². The fraction of sp³-hybridized carbons (Fsp3) is 0.250. The number of aromatic nitrogens is 1. The third-order valence-corrected chi connectivity index (χ3v) is 1.75. The zero-order valence-corrected chi connectivity index (χ0v) is 9.09. The second kappa shape index (κ2) is 4.96. The summed E-state index contributed by atoms with van der Waals surface area (Å²) >= 11 is 0. The molecule has 1 rings (SSSR count). The molecular weight excluding hydrogens is 277 g/mol. The van der Waals surface area contributed by atoms with Crippen molar-refractivity contribution < 1.29 is 37.5 Å². The van der Waals surface area contributed by atoms with E-state index in [1.54, 1.807) is 0 Å². The summed E-state index contributed by atoms with van der Waals surface area (Å²) in [5.74, 6) is -3.84. The molecule has 0 fully saturated rings. The first kappa shape index (κ1) is 14.5. The van der Waals surface area contributed by atoms with Gasteiger partial charge in [-0.2, -0.15) is 0 Å². The first-order valence-corrected chi connectivity index (χ1v) is 4.38. The molecule has 19 heavy (non-hydrogen) atoms. The van der Waals surface area contributed by atoms with Crippen molar-refractivity contribution in [2.24, 2.45) is 0 Å². The number of aromatic carboxylic acids is 1. The maximum atomic E-state index is 12.0. The highest BCUT2D eigenvalue weighted by atomic mass is 19.4. The van der Waals surface area contributed by atoms with Crippen molar-refractivity contribution in [3.63, 3.8) is 0 Å². The van der Waals surface area contributed by atoms with Crippen molar-refractivity contribution in [3.8, 4) is 11.6 Å². The number of nitro groups is 1. The topological polar surface area (TPSA) is 112 Å². The van der Waals surface area contributed by atoms with Crippen LogP contribution in [0.3, 0.4) is 0 Å². The van der Waals surface area contributed by atoms with Crippen LogP contribution >= 0.6 is 0 Å². The molecule has 0 amide bonds. The Morgan fingerprint density at radius 2 is 2.11 bits per heavy atom. The van der Waals surface area contributed by atoms with Gasteiger partial charge in [0.2, 0.25) is 17.3 Å². The van der Waals surface area contributed by atoms with E-state index in [9.17, 15) is 28.1 Å². The summed E-state index contributed by atoms with van der Waals surface area (Å²) in [6, 6.07) is 0.318. The molecule has 0 saturated heterocycles. The highest BCUT2D eigenvalue weighted by Crippen LogP contribution is 2.34. The molecule has 0 aliphatic rings. The number of hydrogen-bond donors (Lipinski definition) is 1. The second-order valence-electron chi connectivity index (χ2n) is 2.97. The lowest BCUT2D eigenvalue weighted by Gasteiger charge is -2.10. The molecule has 0 aliphatic heterocycles. The largest absolute Gasteiger partial charge is 0.574 e. The smallest absolute Gasteiger partial charge is 0.488 e. The number of ether oxygens (including phenoxy) is 2. The molecule has 1 aromatic heterocycles. The van der Waals surface area contributed by atoms with Crippen LogP contribution in [0.2, 0.25) is 0 Å². The Morgan fingerprint density at radius 1 is 1.53 bits per heavy atom. The first-order valence-electron chi connectivity index (χ1n) is 4.38. The second-order valence-corrected chi connectivity index (χ2v) is 2.97. The van der Waals surface area contributed by atoms with E-state index in [0.717, 1.165) is 7.11 Å². The molecule has 104 valence electrons. The van der Waals surface area contributed by atoms with Crippen LogP contribution in [0.25, 0.3) is 0 Å². The Balaban J connectivity index is 3.45. The van der Waals surface area contributed by atoms with E-state index >= 15 is 0 Å². The minimum absolute atomic E-state index is 0.318. The van der Waals surface area contributed by atoms with Crippen LogP contribution < -0.4 is 9.47 Å². The predicted octanol–water partition coefficient (Wildman–Crippen LogP) is 1.60. The Morgan fingerprint density at radius 3 is 2.47 bits per heavy atom. The molecule has 1 N–H and O–H groups in total. The van der Waals surface area contributed by atoms with Crippen LogP contribution in [-0.4, -0.2) is 34.5 Å². The van der Waals surface area contributed by atoms with E-state index in [1.165, 1.54) is 0 Å². The van der Waals surface area contributed by atoms with Crippen LogP contribution in [-0.2, 0) is 0 Å². The Hall–Kier alpha value is -2.59. The molecule has 0 radical (unpaired) electrons. The number of halogens is 3. The molecule has 0 saturated carbocycles. The number of rotatable bonds is 4. The van der Waals surface area contributed by atoms with E-state index in [-0.39, 0.29) is 0 Å². The van der Waals surface area contributed by atoms with Crippen molar-refractivity contribution in [1.82, 2.24) is 4.98 Å². The van der Waals surface area contributed by atoms with Gasteiger partial charge in [-0.3, -0.25) is 10.1 Å². The fourth-order valence-electron chi connectivity index (χ4n) is 1.15. The van der Waals surface area contributed by atoms with Crippen LogP contribution in [0.15, 0.2) is 6.07 Å². The van der Waals surface area contributed by atoms with Gasteiger partial charge in [0, 0.05) is 0 Å². The molecule has 11 heteroatoms. The molecule has 8 nitrogen and oxygen atoms in total. The lowest BCUT2D eigenvalue weighted by molar-refractivity contribution is -0.386. The molecule has 0 aromatic carbocycles. The summed E-state index contributed by atoms with van der Waals surface area (Å²) in [6.45, 7) is 0. The summed E-state index contributed by atoms with van der Waals surface area (Å²) in [5, 5.41) is 19.4. The fourth-order valence-corrected chi connectivity index (χ4v) is 1.15. The molecular formula is C8H5F3N2O6. The third-order valence-electron chi connectivity index (χ3n) is 1.75. The Bertz CT molecular complexity index is 495. The van der Waals surface area contributed by atoms with Gasteiger partial charge in [0.05, 0.1) is 18.1 Å². The minimum atomic E-state index is -5.16. The van der Waals surface area contributed by atoms with Crippen LogP contribution in [0, 0.1) is 10.1 Å². The quantitative estimate of drug-likeness (QED) is 0.659. The van der Waals surface area contributed by atoms with E-state index in [0.29, 0.717) is 6.07 Å². The summed E-state index contributed by atoms with van der Waals surface area (Å²) in [7, 11) is 0.917. The van der Waals surface area contributed by atoms with Crippen molar-refractivity contribution >= 4 is 11.7 Å². The molecule has 0 aliphatic carbocycles. The summed E-state index contributed by atoms with van der Waals surface area (Å²) < 4.78 is 43.7. The molecule has 0 bridgehead atoms. The summed E-state index contributed by atoms with van der Waals surface area (Å²) in [6.07, 6.45) is -5.16. The average molecular weight is 282 g/mol. The number of hydrogen-bond acceptors (Lipinski definition) is 6. The van der Waals surface area contributed by atoms with Crippen LogP contribution in [0.4, 0.5) is 18.9 Å². The number of alkyl halides is 3. The lowest BCUT2D eigenvalue weighted by atomic mass is 10.3. The highest BCUT2D eigenvalue weighted by Gasteiger charge is 2.35. The first-order chi connectivity index (χ1) is 8.65. The SMILES string of the molecule is COc1c([N+](=O)[O-])cc(OC(F)(F)F)nc1C(=O)O. The highest BCUT2D eigenvalue weighted by molar-refractivity contribution is 5.90. The maximum Gasteiger partial charge on any atom is 0.574 e. The number of nitrogens with zero attached hydrogens (tertiary/aromatic N) is 2. The van der Waals surface area contributed by atoms with Gasteiger partial charge in [-0.25, -0.2) is 9.78 Å². The normalized spacial score (nSPS) is 10.9. The van der Waals surface area contributed by atoms with Gasteiger partial charge in [-0.15, -0.1) is 13.2 Å². The molecule has 1 aromatic rings. The van der Waals surface area contributed by atoms with Crippen molar-refractivity contribution in [1.29, 1.82) is 0 Å². The number of carboxylic acids is 1. The number of carbonyl (C=O) groups is 1. The van der Waals surface area contributed by atoms with Gasteiger partial charge >= 0.3 is 18.0 Å². The van der Waals surface area contributed by atoms with Crippen molar-refractivity contribution in [2.45, 2.75) is 6.36 Å². The monoisotopic (exact) mass is 282 g/mol. The van der Waals surface area contributed by atoms with E-state index in [1.807, 2.05) is 0 Å². The van der Waals surface area contributed by atoms with E-state index in [2.05, 4.69) is 14.5 Å². The van der Waals surface area contributed by atoms with Gasteiger partial charge < -0.3 is 14.6 Å². The van der Waals surface area contributed by atoms with Gasteiger partial charge in [0.25, 0.3) is 0 Å². The van der Waals surface area contributed by atoms with Gasteiger partial charge in [-0.1, -0.05) is 0 Å².